The molecule has 1 aliphatic heterocycles. The van der Waals surface area contributed by atoms with E-state index in [0.717, 1.165) is 11.0 Å². The van der Waals surface area contributed by atoms with Crippen LogP contribution in [0.1, 0.15) is 31.7 Å². The van der Waals surface area contributed by atoms with Gasteiger partial charge < -0.3 is 19.2 Å². The number of hydrogen-bond acceptors (Lipinski definition) is 4. The number of nitrogens with one attached hydrogen (secondary N) is 1. The largest absolute Gasteiger partial charge is 0.507 e. The Labute approximate surface area is 171 Å². The molecule has 2 N–H and O–H groups in total. The minimum Gasteiger partial charge on any atom is -0.507 e. The van der Waals surface area contributed by atoms with Gasteiger partial charge in [-0.1, -0.05) is 12.1 Å². The second-order valence-corrected chi connectivity index (χ2v) is 8.24. The normalized spacial score (nSPS) is 19.6. The topological polar surface area (TPSA) is 64.1 Å². The maximum Gasteiger partial charge on any atom is 0.235 e. The van der Waals surface area contributed by atoms with E-state index in [-0.39, 0.29) is 16.9 Å². The van der Waals surface area contributed by atoms with Gasteiger partial charge >= 0.3 is 0 Å². The van der Waals surface area contributed by atoms with E-state index in [1.165, 1.54) is 30.4 Å². The highest BCUT2D eigenvalue weighted by Gasteiger charge is 2.25. The number of ether oxygens (including phenoxy) is 1. The highest BCUT2D eigenvalue weighted by atomic mass is 79.9. The SMILES string of the molecule is C[C@@H]1CCCC[NH+]1Cc1c(O)ccc2c(=O)c(Oc3ccccc3Br)coc12. The van der Waals surface area contributed by atoms with Crippen molar-refractivity contribution in [3.8, 4) is 17.2 Å². The third-order valence-corrected chi connectivity index (χ3v) is 6.19. The van der Waals surface area contributed by atoms with Gasteiger partial charge in [-0.15, -0.1) is 0 Å². The molecule has 28 heavy (non-hydrogen) atoms. The summed E-state index contributed by atoms with van der Waals surface area (Å²) in [7, 11) is 0. The predicted molar refractivity (Wildman–Crippen MR) is 111 cm³/mol. The molecular weight excluding hydrogens is 422 g/mol. The van der Waals surface area contributed by atoms with Crippen LogP contribution in [-0.4, -0.2) is 17.7 Å². The molecule has 5 nitrogen and oxygen atoms in total. The molecule has 4 rings (SSSR count). The minimum absolute atomic E-state index is 0.120. The van der Waals surface area contributed by atoms with Gasteiger partial charge in [0.1, 0.15) is 24.3 Å². The summed E-state index contributed by atoms with van der Waals surface area (Å²) in [4.78, 5) is 14.4. The van der Waals surface area contributed by atoms with E-state index < -0.39 is 0 Å². The van der Waals surface area contributed by atoms with E-state index in [0.29, 0.717) is 34.9 Å². The molecule has 146 valence electrons. The van der Waals surface area contributed by atoms with Gasteiger partial charge in [0.15, 0.2) is 5.58 Å². The fourth-order valence-corrected chi connectivity index (χ4v) is 4.23. The number of fused-ring (bicyclic) bond motifs is 1. The van der Waals surface area contributed by atoms with Crippen LogP contribution in [0.4, 0.5) is 0 Å². The van der Waals surface area contributed by atoms with Crippen molar-refractivity contribution >= 4 is 26.9 Å². The van der Waals surface area contributed by atoms with E-state index in [4.69, 9.17) is 9.15 Å². The van der Waals surface area contributed by atoms with Crippen LogP contribution >= 0.6 is 15.9 Å². The molecule has 3 aromatic rings. The lowest BCUT2D eigenvalue weighted by Crippen LogP contribution is -3.14. The number of aromatic hydroxyl groups is 1. The van der Waals surface area contributed by atoms with Crippen LogP contribution in [0.15, 0.2) is 56.3 Å². The standard InChI is InChI=1S/C22H22BrNO4/c1-14-6-4-5-11-24(14)12-16-18(25)10-9-15-21(26)20(13-27-22(15)16)28-19-8-3-2-7-17(19)23/h2-3,7-10,13-14,25H,4-6,11-12H2,1H3/p+1/t14-/m1/s1. The number of quaternary nitrogens is 1. The lowest BCUT2D eigenvalue weighted by Gasteiger charge is -2.30. The van der Waals surface area contributed by atoms with E-state index in [2.05, 4.69) is 22.9 Å². The van der Waals surface area contributed by atoms with Gasteiger partial charge in [-0.3, -0.25) is 4.79 Å². The Hall–Kier alpha value is -2.31. The molecular formula is C22H23BrNO4+. The molecule has 0 aliphatic carbocycles. The van der Waals surface area contributed by atoms with Crippen molar-refractivity contribution < 1.29 is 19.2 Å². The number of para-hydroxylation sites is 1. The van der Waals surface area contributed by atoms with Gasteiger partial charge in [0.05, 0.1) is 28.0 Å². The van der Waals surface area contributed by atoms with Crippen molar-refractivity contribution in [3.63, 3.8) is 0 Å². The molecule has 0 saturated carbocycles. The van der Waals surface area contributed by atoms with Gasteiger partial charge in [0.25, 0.3) is 0 Å². The molecule has 1 fully saturated rings. The van der Waals surface area contributed by atoms with E-state index in [9.17, 15) is 9.90 Å². The molecule has 0 bridgehead atoms. The first-order chi connectivity index (χ1) is 13.5. The first kappa shape index (κ1) is 19.0. The van der Waals surface area contributed by atoms with Crippen molar-refractivity contribution in [3.05, 3.63) is 62.9 Å². The maximum absolute atomic E-state index is 13.0. The Morgan fingerprint density at radius 2 is 2.04 bits per heavy atom. The Kier molecular flexibility index (Phi) is 5.42. The number of phenolic OH excluding ortho intramolecular Hbond substituents is 1. The summed E-state index contributed by atoms with van der Waals surface area (Å²) in [5.74, 6) is 0.829. The molecule has 2 aromatic carbocycles. The summed E-state index contributed by atoms with van der Waals surface area (Å²) < 4.78 is 12.3. The van der Waals surface area contributed by atoms with Crippen LogP contribution < -0.4 is 15.1 Å². The third-order valence-electron chi connectivity index (χ3n) is 5.53. The zero-order valence-electron chi connectivity index (χ0n) is 15.7. The summed E-state index contributed by atoms with van der Waals surface area (Å²) in [6.45, 7) is 3.93. The molecule has 0 spiro atoms. The molecule has 1 aromatic heterocycles. The first-order valence-corrected chi connectivity index (χ1v) is 10.4. The van der Waals surface area contributed by atoms with Gasteiger partial charge in [0.2, 0.25) is 11.2 Å². The van der Waals surface area contributed by atoms with E-state index >= 15 is 0 Å². The number of likely N-dealkylation sites (tertiary alicyclic amines) is 1. The average molecular weight is 445 g/mol. The fraction of sp³-hybridized carbons (Fsp3) is 0.318. The van der Waals surface area contributed by atoms with Gasteiger partial charge in [-0.2, -0.15) is 0 Å². The van der Waals surface area contributed by atoms with Crippen molar-refractivity contribution in [2.75, 3.05) is 6.54 Å². The quantitative estimate of drug-likeness (QED) is 0.637. The predicted octanol–water partition coefficient (Wildman–Crippen LogP) is 4.01. The van der Waals surface area contributed by atoms with Gasteiger partial charge in [0, 0.05) is 0 Å². The van der Waals surface area contributed by atoms with Crippen LogP contribution in [0, 0.1) is 0 Å². The van der Waals surface area contributed by atoms with Gasteiger partial charge in [-0.05, 0) is 66.4 Å². The maximum atomic E-state index is 13.0. The molecule has 0 radical (unpaired) electrons. The Morgan fingerprint density at radius 3 is 2.82 bits per heavy atom. The summed E-state index contributed by atoms with van der Waals surface area (Å²) in [6, 6.07) is 11.0. The van der Waals surface area contributed by atoms with Crippen molar-refractivity contribution in [1.82, 2.24) is 0 Å². The Bertz CT molecular complexity index is 1060. The first-order valence-electron chi connectivity index (χ1n) is 9.58. The summed E-state index contributed by atoms with van der Waals surface area (Å²) in [5, 5.41) is 10.9. The second kappa shape index (κ2) is 7.97. The Balaban J connectivity index is 1.72. The van der Waals surface area contributed by atoms with Crippen LogP contribution in [0.25, 0.3) is 11.0 Å². The van der Waals surface area contributed by atoms with E-state index in [1.807, 2.05) is 18.2 Å². The smallest absolute Gasteiger partial charge is 0.235 e. The Morgan fingerprint density at radius 1 is 1.21 bits per heavy atom. The highest BCUT2D eigenvalue weighted by molar-refractivity contribution is 9.10. The van der Waals surface area contributed by atoms with Crippen LogP contribution in [0.2, 0.25) is 0 Å². The summed E-state index contributed by atoms with van der Waals surface area (Å²) in [5.41, 5.74) is 0.875. The summed E-state index contributed by atoms with van der Waals surface area (Å²) >= 11 is 3.42. The lowest BCUT2D eigenvalue weighted by atomic mass is 10.0. The number of piperidine rings is 1. The zero-order chi connectivity index (χ0) is 19.7. The highest BCUT2D eigenvalue weighted by Crippen LogP contribution is 2.31. The van der Waals surface area contributed by atoms with Crippen LogP contribution in [-0.2, 0) is 6.54 Å². The second-order valence-electron chi connectivity index (χ2n) is 7.38. The lowest BCUT2D eigenvalue weighted by molar-refractivity contribution is -0.941. The number of hydrogen-bond donors (Lipinski definition) is 2. The number of halogens is 1. The summed E-state index contributed by atoms with van der Waals surface area (Å²) in [6.07, 6.45) is 4.94. The number of benzene rings is 2. The van der Waals surface area contributed by atoms with Crippen LogP contribution in [0.3, 0.4) is 0 Å². The zero-order valence-corrected chi connectivity index (χ0v) is 17.3. The van der Waals surface area contributed by atoms with Gasteiger partial charge in [-0.25, -0.2) is 0 Å². The molecule has 0 amide bonds. The number of phenols is 1. The average Bonchev–Trinajstić information content (AvgIpc) is 2.69. The fourth-order valence-electron chi connectivity index (χ4n) is 3.86. The third kappa shape index (κ3) is 3.66. The monoisotopic (exact) mass is 444 g/mol. The molecule has 2 atom stereocenters. The molecule has 2 heterocycles. The van der Waals surface area contributed by atoms with Crippen molar-refractivity contribution in [1.29, 1.82) is 0 Å². The molecule has 6 heteroatoms. The number of rotatable bonds is 4. The van der Waals surface area contributed by atoms with Crippen molar-refractivity contribution in [2.45, 2.75) is 38.8 Å². The molecule has 1 saturated heterocycles. The van der Waals surface area contributed by atoms with Crippen molar-refractivity contribution in [2.24, 2.45) is 0 Å². The van der Waals surface area contributed by atoms with Crippen LogP contribution in [0.5, 0.6) is 17.2 Å². The minimum atomic E-state index is -0.250. The molecule has 1 aliphatic rings. The molecule has 1 unspecified atom stereocenters. The van der Waals surface area contributed by atoms with E-state index in [1.54, 1.807) is 18.2 Å².